The highest BCUT2D eigenvalue weighted by Gasteiger charge is 2.06. The Hall–Kier alpha value is -2.19. The van der Waals surface area contributed by atoms with Crippen LogP contribution in [0.1, 0.15) is 16.7 Å². The predicted molar refractivity (Wildman–Crippen MR) is 85.8 cm³/mol. The summed E-state index contributed by atoms with van der Waals surface area (Å²) in [7, 11) is 0. The molecule has 0 aliphatic carbocycles. The number of amides is 2. The molecule has 0 saturated carbocycles. The van der Waals surface area contributed by atoms with Crippen LogP contribution in [0.2, 0.25) is 10.0 Å². The molecule has 4 nitrogen and oxygen atoms in total. The maximum absolute atomic E-state index is 10.7. The normalized spacial score (nSPS) is 9.77. The molecule has 0 bridgehead atoms. The van der Waals surface area contributed by atoms with Crippen LogP contribution in [-0.2, 0) is 6.54 Å². The van der Waals surface area contributed by atoms with E-state index in [4.69, 9.17) is 28.9 Å². The lowest BCUT2D eigenvalue weighted by Gasteiger charge is -2.11. The maximum Gasteiger partial charge on any atom is 0.338 e. The average molecular weight is 335 g/mol. The molecule has 112 valence electrons. The molecule has 0 atom stereocenters. The molecule has 2 aromatic rings. The number of halogens is 2. The van der Waals surface area contributed by atoms with Crippen LogP contribution in [0, 0.1) is 11.8 Å². The molecule has 2 rings (SSSR count). The first kappa shape index (κ1) is 16.2. The van der Waals surface area contributed by atoms with Crippen molar-refractivity contribution in [2.75, 3.05) is 0 Å². The fourth-order valence-corrected chi connectivity index (χ4v) is 2.19. The second-order valence-electron chi connectivity index (χ2n) is 4.44. The maximum atomic E-state index is 10.7. The molecule has 2 amide bonds. The zero-order valence-electron chi connectivity index (χ0n) is 11.4. The number of hydroxylamine groups is 2. The van der Waals surface area contributed by atoms with Crippen LogP contribution in [-0.4, -0.2) is 16.3 Å². The molecule has 0 fully saturated rings. The second-order valence-corrected chi connectivity index (χ2v) is 5.25. The average Bonchev–Trinajstić information content (AvgIpc) is 2.48. The summed E-state index contributed by atoms with van der Waals surface area (Å²) in [5.74, 6) is 5.89. The summed E-state index contributed by atoms with van der Waals surface area (Å²) in [6, 6.07) is 11.3. The van der Waals surface area contributed by atoms with Crippen molar-refractivity contribution in [3.8, 4) is 11.8 Å². The Morgan fingerprint density at radius 3 is 2.23 bits per heavy atom. The quantitative estimate of drug-likeness (QED) is 0.500. The van der Waals surface area contributed by atoms with Crippen molar-refractivity contribution in [2.24, 2.45) is 5.73 Å². The van der Waals surface area contributed by atoms with Crippen molar-refractivity contribution in [3.63, 3.8) is 0 Å². The molecular formula is C16H12Cl2N2O2. The van der Waals surface area contributed by atoms with E-state index in [0.29, 0.717) is 20.7 Å². The molecular weight excluding hydrogens is 323 g/mol. The number of nitrogens with two attached hydrogens (primary N) is 1. The highest BCUT2D eigenvalue weighted by molar-refractivity contribution is 6.36. The van der Waals surface area contributed by atoms with Gasteiger partial charge in [-0.1, -0.05) is 53.2 Å². The van der Waals surface area contributed by atoms with Crippen LogP contribution < -0.4 is 5.73 Å². The Morgan fingerprint density at radius 2 is 1.68 bits per heavy atom. The predicted octanol–water partition coefficient (Wildman–Crippen LogP) is 3.66. The molecule has 0 aromatic heterocycles. The zero-order valence-corrected chi connectivity index (χ0v) is 12.9. The minimum absolute atomic E-state index is 0.0133. The molecule has 0 aliphatic heterocycles. The van der Waals surface area contributed by atoms with Crippen molar-refractivity contribution in [1.29, 1.82) is 0 Å². The number of carbonyl (C=O) groups excluding carboxylic acids is 1. The molecule has 0 saturated heterocycles. The number of hydrogen-bond acceptors (Lipinski definition) is 2. The number of hydrogen-bond donors (Lipinski definition) is 2. The van der Waals surface area contributed by atoms with E-state index in [1.54, 1.807) is 42.5 Å². The Kier molecular flexibility index (Phi) is 5.29. The highest BCUT2D eigenvalue weighted by atomic mass is 35.5. The summed E-state index contributed by atoms with van der Waals surface area (Å²) in [6.07, 6.45) is 0. The van der Waals surface area contributed by atoms with Crippen LogP contribution >= 0.6 is 23.2 Å². The minimum Gasteiger partial charge on any atom is -0.350 e. The van der Waals surface area contributed by atoms with Gasteiger partial charge >= 0.3 is 6.03 Å². The largest absolute Gasteiger partial charge is 0.350 e. The molecule has 22 heavy (non-hydrogen) atoms. The third-order valence-electron chi connectivity index (χ3n) is 2.84. The van der Waals surface area contributed by atoms with Gasteiger partial charge in [-0.15, -0.1) is 0 Å². The van der Waals surface area contributed by atoms with Gasteiger partial charge in [-0.3, -0.25) is 5.21 Å². The van der Waals surface area contributed by atoms with Gasteiger partial charge in [0.1, 0.15) is 0 Å². The van der Waals surface area contributed by atoms with Gasteiger partial charge in [0.2, 0.25) is 0 Å². The van der Waals surface area contributed by atoms with Crippen LogP contribution in [0.5, 0.6) is 0 Å². The topological polar surface area (TPSA) is 66.6 Å². The fraction of sp³-hybridized carbons (Fsp3) is 0.0625. The lowest BCUT2D eigenvalue weighted by molar-refractivity contribution is -0.0470. The zero-order chi connectivity index (χ0) is 16.1. The van der Waals surface area contributed by atoms with Gasteiger partial charge in [0.25, 0.3) is 0 Å². The van der Waals surface area contributed by atoms with Crippen molar-refractivity contribution >= 4 is 29.2 Å². The van der Waals surface area contributed by atoms with Crippen molar-refractivity contribution in [2.45, 2.75) is 6.54 Å². The number of nitrogens with zero attached hydrogens (tertiary/aromatic N) is 1. The number of carbonyl (C=O) groups is 1. The van der Waals surface area contributed by atoms with E-state index >= 15 is 0 Å². The van der Waals surface area contributed by atoms with E-state index in [9.17, 15) is 10.0 Å². The second kappa shape index (κ2) is 7.19. The van der Waals surface area contributed by atoms with Crippen molar-refractivity contribution in [1.82, 2.24) is 5.06 Å². The van der Waals surface area contributed by atoms with E-state index in [1.165, 1.54) is 0 Å². The molecule has 0 heterocycles. The molecule has 6 heteroatoms. The first-order valence-electron chi connectivity index (χ1n) is 6.28. The van der Waals surface area contributed by atoms with E-state index in [0.717, 1.165) is 11.1 Å². The van der Waals surface area contributed by atoms with Gasteiger partial charge < -0.3 is 5.73 Å². The summed E-state index contributed by atoms with van der Waals surface area (Å²) in [5.41, 5.74) is 7.00. The summed E-state index contributed by atoms with van der Waals surface area (Å²) >= 11 is 12.1. The van der Waals surface area contributed by atoms with Crippen LogP contribution in [0.25, 0.3) is 0 Å². The Morgan fingerprint density at radius 1 is 1.09 bits per heavy atom. The lowest BCUT2D eigenvalue weighted by Crippen LogP contribution is -2.31. The third kappa shape index (κ3) is 4.15. The van der Waals surface area contributed by atoms with Gasteiger partial charge in [0.05, 0.1) is 22.2 Å². The van der Waals surface area contributed by atoms with Crippen LogP contribution in [0.3, 0.4) is 0 Å². The monoisotopic (exact) mass is 334 g/mol. The fourth-order valence-electron chi connectivity index (χ4n) is 1.70. The first-order valence-corrected chi connectivity index (χ1v) is 7.04. The molecule has 0 aliphatic rings. The number of urea groups is 1. The van der Waals surface area contributed by atoms with Gasteiger partial charge in [-0.25, -0.2) is 9.86 Å². The highest BCUT2D eigenvalue weighted by Crippen LogP contribution is 2.23. The molecule has 2 aromatic carbocycles. The summed E-state index contributed by atoms with van der Waals surface area (Å²) in [6.45, 7) is 0.0133. The molecule has 3 N–H and O–H groups in total. The standard InChI is InChI=1S/C16H12Cl2N2O2/c17-14-2-1-3-15(18)13(14)9-8-11-4-6-12(7-5-11)10-20(22)16(19)21/h1-7,22H,10H2,(H2,19,21). The number of rotatable bonds is 2. The third-order valence-corrected chi connectivity index (χ3v) is 3.47. The number of primary amides is 1. The first-order chi connectivity index (χ1) is 10.5. The van der Waals surface area contributed by atoms with Crippen molar-refractivity contribution < 1.29 is 10.0 Å². The number of benzene rings is 2. The van der Waals surface area contributed by atoms with E-state index in [2.05, 4.69) is 11.8 Å². The Bertz CT molecular complexity index is 729. The SMILES string of the molecule is NC(=O)N(O)Cc1ccc(C#Cc2c(Cl)cccc2Cl)cc1. The van der Waals surface area contributed by atoms with Gasteiger partial charge in [-0.05, 0) is 29.8 Å². The molecule has 0 radical (unpaired) electrons. The van der Waals surface area contributed by atoms with E-state index in [1.807, 2.05) is 0 Å². The minimum atomic E-state index is -0.905. The summed E-state index contributed by atoms with van der Waals surface area (Å²) < 4.78 is 0. The molecule has 0 unspecified atom stereocenters. The van der Waals surface area contributed by atoms with Crippen LogP contribution in [0.15, 0.2) is 42.5 Å². The van der Waals surface area contributed by atoms with E-state index < -0.39 is 6.03 Å². The van der Waals surface area contributed by atoms with Crippen LogP contribution in [0.4, 0.5) is 4.79 Å². The summed E-state index contributed by atoms with van der Waals surface area (Å²) in [4.78, 5) is 10.7. The Labute approximate surface area is 138 Å². The van der Waals surface area contributed by atoms with Gasteiger partial charge in [0.15, 0.2) is 0 Å². The van der Waals surface area contributed by atoms with Crippen molar-refractivity contribution in [3.05, 3.63) is 69.2 Å². The summed E-state index contributed by atoms with van der Waals surface area (Å²) in [5, 5.41) is 10.7. The van der Waals surface area contributed by atoms with E-state index in [-0.39, 0.29) is 6.54 Å². The lowest BCUT2D eigenvalue weighted by atomic mass is 10.1. The smallest absolute Gasteiger partial charge is 0.338 e. The van der Waals surface area contributed by atoms with Gasteiger partial charge in [-0.2, -0.15) is 0 Å². The Balaban J connectivity index is 2.16. The molecule has 0 spiro atoms. The van der Waals surface area contributed by atoms with Gasteiger partial charge in [0, 0.05) is 5.56 Å².